The molecule has 9 unspecified atom stereocenters. The number of rotatable bonds is 19. The van der Waals surface area contributed by atoms with E-state index in [0.29, 0.717) is 0 Å². The number of carbonyl (C=O) groups is 8. The number of aliphatic hydroxyl groups excluding tert-OH is 6. The second-order valence-corrected chi connectivity index (χ2v) is 31.6. The molecule has 0 spiro atoms. The van der Waals surface area contributed by atoms with Crippen LogP contribution in [-0.4, -0.2) is 233 Å². The number of hydrogen-bond acceptors (Lipinski definition) is 27. The molecule has 11 bridgehead atoms. The van der Waals surface area contributed by atoms with Crippen LogP contribution in [0, 0.1) is 5.92 Å². The summed E-state index contributed by atoms with van der Waals surface area (Å²) in [5.41, 5.74) is 13.7. The Kier molecular flexibility index (Phi) is 28.0. The van der Waals surface area contributed by atoms with E-state index >= 15 is 28.8 Å². The molecule has 0 radical (unpaired) electrons. The number of ether oxygens (including phenoxy) is 8. The fourth-order valence-electron chi connectivity index (χ4n) is 15.4. The molecule has 3 saturated heterocycles. The predicted molar refractivity (Wildman–Crippen MR) is 408 cm³/mol. The van der Waals surface area contributed by atoms with E-state index in [4.69, 9.17) is 66.7 Å². The van der Waals surface area contributed by atoms with E-state index in [9.17, 15) is 60.7 Å². The highest BCUT2D eigenvalue weighted by molar-refractivity contribution is 6.32. The van der Waals surface area contributed by atoms with Crippen LogP contribution < -0.4 is 87.3 Å². The highest BCUT2D eigenvalue weighted by Gasteiger charge is 2.53. The first-order chi connectivity index (χ1) is 54.6. The average molecular weight is 1770 g/mol. The Hall–Kier alpha value is -9.40. The maximum Gasteiger partial charge on any atom is 0.330 e. The van der Waals surface area contributed by atoms with Gasteiger partial charge in [-0.25, -0.2) is 4.79 Å². The number of phenolic OH excluding ortho intramolecular Hbond substituents is 3. The summed E-state index contributed by atoms with van der Waals surface area (Å²) < 4.78 is 51.9. The maximum absolute atomic E-state index is 16.5. The second-order valence-electron chi connectivity index (χ2n) is 31.2. The Labute approximate surface area is 693 Å². The molecule has 0 saturated carbocycles. The van der Waals surface area contributed by atoms with Crippen molar-refractivity contribution in [3.63, 3.8) is 0 Å². The molecule has 8 aliphatic rings. The van der Waals surface area contributed by atoms with Crippen molar-refractivity contribution < 1.29 is 156 Å². The van der Waals surface area contributed by atoms with E-state index in [0.717, 1.165) is 48.5 Å². The molecule has 22 N–H and O–H groups in total. The zero-order valence-electron chi connectivity index (χ0n) is 64.7. The molecule has 3 fully saturated rings. The molecular weight excluding hydrogens is 1670 g/mol. The number of likely N-dealkylation sites (N-methyl/N-ethyl adjacent to an activating group) is 1. The third-order valence-corrected chi connectivity index (χ3v) is 21.8. The molecule has 5 aromatic carbocycles. The molecule has 0 aromatic heterocycles. The number of nitrogens with one attached hydrogen (secondary N) is 6. The van der Waals surface area contributed by atoms with Crippen LogP contribution in [0.25, 0.3) is 11.1 Å². The van der Waals surface area contributed by atoms with Crippen LogP contribution in [-0.2, 0) is 62.0 Å². The Bertz CT molecular complexity index is 4590. The van der Waals surface area contributed by atoms with Crippen molar-refractivity contribution in [1.82, 2.24) is 31.9 Å². The van der Waals surface area contributed by atoms with Gasteiger partial charge in [0, 0.05) is 53.1 Å². The van der Waals surface area contributed by atoms with E-state index in [2.05, 4.69) is 45.1 Å². The van der Waals surface area contributed by atoms with Gasteiger partial charge in [-0.05, 0) is 123 Å². The minimum atomic E-state index is -2.36. The van der Waals surface area contributed by atoms with Crippen molar-refractivity contribution in [2.75, 3.05) is 26.7 Å². The lowest BCUT2D eigenvalue weighted by Crippen LogP contribution is -3.00. The number of phenols is 3. The largest absolute Gasteiger partial charge is 1.00 e. The Morgan fingerprint density at radius 2 is 1.27 bits per heavy atom. The third-order valence-electron chi connectivity index (χ3n) is 21.5. The highest BCUT2D eigenvalue weighted by Crippen LogP contribution is 2.50. The standard InChI is InChI=1S/C79H97ClN10O26.HI/c1-10-20-90(9,21-11-2)46(22-33(3)4)71(102)88-60-62(96)38-15-19-49(44(80)24-38)112-51-26-39-25-50(66(51)116-77-67(64(98)63(97)52(32-91)113-77)115-55-31-79(8,83)69(100)35(6)110-55)111-41-16-12-36(13-17-41)65(114-54-30-78(7,82)68(99)34(5)109-54)61-75(106)87-59(76(107)108)43-27-40(92)28-48(94)56(43)42-23-37(14-18-47(42)93)57(72(103)89-61)86-73(104)58(39)85-70(101)45(29-53(81)95)84-74(60)105;/h10-19,23-28,33-35,45-46,52,54-55,57-65,67-69,77,91,96-100H,1-2,20-22,29-32,82-83H2,3-9H3,(H11-,81,84,85,86,87,88,89,92,93,94,95,101,102,103,104,105,106,107,108);1H/t34-,35-,45?,46?,52+,54-,55-,57?,58?,59?,60?,61?,62?,63+,64-,65?,67+,68-,69-,77-,78-,79-;/m0./s1. The quantitative estimate of drug-likeness (QED) is 0.0249. The van der Waals surface area contributed by atoms with Gasteiger partial charge < -0.3 is 167 Å². The Balaban J connectivity index is 0.0000144. The van der Waals surface area contributed by atoms with E-state index in [-0.39, 0.29) is 99.9 Å². The van der Waals surface area contributed by atoms with Crippen LogP contribution in [0.5, 0.6) is 46.0 Å². The van der Waals surface area contributed by atoms with Gasteiger partial charge in [-0.3, -0.25) is 33.6 Å². The molecule has 38 heteroatoms. The van der Waals surface area contributed by atoms with Crippen LogP contribution in [0.1, 0.15) is 125 Å². The monoisotopic (exact) mass is 1760 g/mol. The molecule has 5 aromatic rings. The zero-order valence-corrected chi connectivity index (χ0v) is 67.6. The summed E-state index contributed by atoms with van der Waals surface area (Å²) in [4.78, 5) is 122. The number of aromatic hydroxyl groups is 3. The predicted octanol–water partition coefficient (Wildman–Crippen LogP) is -1.71. The van der Waals surface area contributed by atoms with Crippen LogP contribution in [0.4, 0.5) is 0 Å². The smallest absolute Gasteiger partial charge is 0.330 e. The second kappa shape index (κ2) is 36.4. The number of carbonyl (C=O) groups excluding carboxylic acids is 7. The zero-order chi connectivity index (χ0) is 84.6. The van der Waals surface area contributed by atoms with Gasteiger partial charge in [-0.2, -0.15) is 0 Å². The summed E-state index contributed by atoms with van der Waals surface area (Å²) in [5.74, 6) is -15.6. The van der Waals surface area contributed by atoms with Gasteiger partial charge in [-0.15, -0.1) is 0 Å². The van der Waals surface area contributed by atoms with Crippen molar-refractivity contribution in [3.8, 4) is 57.1 Å². The molecule has 36 nitrogen and oxygen atoms in total. The van der Waals surface area contributed by atoms with Crippen LogP contribution in [0.2, 0.25) is 5.02 Å². The van der Waals surface area contributed by atoms with Crippen molar-refractivity contribution in [2.24, 2.45) is 23.1 Å². The van der Waals surface area contributed by atoms with Gasteiger partial charge in [0.15, 0.2) is 42.3 Å². The molecule has 117 heavy (non-hydrogen) atoms. The first-order valence-corrected chi connectivity index (χ1v) is 37.8. The lowest BCUT2D eigenvalue weighted by atomic mass is 9.86. The number of aliphatic carboxylic acids is 1. The number of benzene rings is 5. The van der Waals surface area contributed by atoms with Crippen LogP contribution in [0.15, 0.2) is 110 Å². The van der Waals surface area contributed by atoms with Gasteiger partial charge in [0.2, 0.25) is 47.5 Å². The van der Waals surface area contributed by atoms with Gasteiger partial charge in [-0.1, -0.05) is 62.9 Å². The normalized spacial score (nSPS) is 31.0. The number of primary amides is 1. The first-order valence-electron chi connectivity index (χ1n) is 37.4. The minimum Gasteiger partial charge on any atom is -1.00 e. The summed E-state index contributed by atoms with van der Waals surface area (Å²) in [6, 6.07) is 1.43. The van der Waals surface area contributed by atoms with E-state index < -0.39 is 250 Å². The number of aliphatic hydroxyl groups is 6. The summed E-state index contributed by atoms with van der Waals surface area (Å²) in [6.07, 6.45) is -19.4. The van der Waals surface area contributed by atoms with Crippen molar-refractivity contribution in [1.29, 1.82) is 0 Å². The van der Waals surface area contributed by atoms with Crippen LogP contribution in [0.3, 0.4) is 0 Å². The molecule has 7 amide bonds. The number of hydrogen-bond donors (Lipinski definition) is 19. The van der Waals surface area contributed by atoms with Crippen molar-refractivity contribution >= 4 is 58.9 Å². The minimum absolute atomic E-state index is 0. The maximum atomic E-state index is 16.5. The summed E-state index contributed by atoms with van der Waals surface area (Å²) in [6.45, 7) is 16.9. The third kappa shape index (κ3) is 19.5. The van der Waals surface area contributed by atoms with Gasteiger partial charge in [0.1, 0.15) is 89.5 Å². The topological polar surface area (TPSA) is 563 Å². The number of carboxylic acids is 1. The number of nitrogens with zero attached hydrogens (tertiary/aromatic N) is 1. The van der Waals surface area contributed by atoms with Gasteiger partial charge in [0.05, 0.1) is 62.6 Å². The molecular formula is C79H98ClIN10O26. The van der Waals surface area contributed by atoms with E-state index in [1.165, 1.54) is 64.1 Å². The fraction of sp³-hybridized carbons (Fsp3) is 0.468. The molecule has 0 aliphatic carbocycles. The Morgan fingerprint density at radius 1 is 0.692 bits per heavy atom. The molecule has 8 aliphatic heterocycles. The number of amides is 7. The summed E-state index contributed by atoms with van der Waals surface area (Å²) in [5, 5.41) is 130. The lowest BCUT2D eigenvalue weighted by Gasteiger charge is -2.47. The SMILES string of the molecule is C=CC[N+](C)(CC=C)C(CC(C)C)C(=O)NC1C(=O)NC(CC(N)=O)C(=O)NC2C(=O)NC3C(=O)NC(C(=O)NC(C(=O)O)c4cc(O)cc(O)c4-c4cc3ccc4O)C(O[C@H]3C[C@](C)(N)[C@@H](O)[C@H](C)O3)c3ccc(cc3)Oc3cc2cc(c3O[C@@H]2O[C@H](CO)[C@@H](O)[C@H](O)[C@H]2O[C@H]2C[C@](C)(N)[C@@H](O)[C@H](C)O2)Oc2ccc(cc2Cl)C1O.[I-]. The molecule has 13 rings (SSSR count). The number of nitrogens with two attached hydrogens (primary N) is 3. The van der Waals surface area contributed by atoms with Crippen molar-refractivity contribution in [2.45, 2.75) is 201 Å². The fourth-order valence-corrected chi connectivity index (χ4v) is 15.6. The molecule has 634 valence electrons. The Morgan fingerprint density at radius 3 is 1.85 bits per heavy atom. The van der Waals surface area contributed by atoms with E-state index in [1.807, 2.05) is 13.8 Å². The van der Waals surface area contributed by atoms with Gasteiger partial charge >= 0.3 is 5.97 Å². The van der Waals surface area contributed by atoms with Gasteiger partial charge in [0.25, 0.3) is 5.91 Å². The molecule has 8 heterocycles. The average Bonchev–Trinajstić information content (AvgIpc) is 0.764. The van der Waals surface area contributed by atoms with Crippen molar-refractivity contribution in [3.05, 3.63) is 143 Å². The lowest BCUT2D eigenvalue weighted by molar-refractivity contribution is -0.914. The van der Waals surface area contributed by atoms with Crippen LogP contribution >= 0.6 is 11.6 Å². The first kappa shape index (κ1) is 89.9. The summed E-state index contributed by atoms with van der Waals surface area (Å²) in [7, 11) is 1.76. The number of carboxylic acid groups (broad SMARTS) is 1. The number of halogens is 2. The number of fused-ring (bicyclic) bond motifs is 15. The molecule has 22 atom stereocenters. The summed E-state index contributed by atoms with van der Waals surface area (Å²) >= 11 is 7.23. The highest BCUT2D eigenvalue weighted by atomic mass is 127. The number of quaternary nitrogens is 1. The van der Waals surface area contributed by atoms with E-state index in [1.54, 1.807) is 19.2 Å².